The zero-order chi connectivity index (χ0) is 21.3. The van der Waals surface area contributed by atoms with Gasteiger partial charge in [-0.3, -0.25) is 14.5 Å². The second kappa shape index (κ2) is 8.26. The zero-order valence-electron chi connectivity index (χ0n) is 17.0. The molecule has 0 radical (unpaired) electrons. The first kappa shape index (κ1) is 20.1. The molecule has 3 aromatic rings. The van der Waals surface area contributed by atoms with Gasteiger partial charge in [0, 0.05) is 12.1 Å². The van der Waals surface area contributed by atoms with Gasteiger partial charge in [0.2, 0.25) is 11.9 Å². The maximum Gasteiger partial charge on any atom is 0.321 e. The van der Waals surface area contributed by atoms with Crippen molar-refractivity contribution in [3.8, 4) is 0 Å². The molecule has 2 heterocycles. The largest absolute Gasteiger partial charge is 0.465 e. The summed E-state index contributed by atoms with van der Waals surface area (Å²) in [4.78, 5) is 32.7. The van der Waals surface area contributed by atoms with E-state index in [4.69, 9.17) is 4.74 Å². The molecule has 1 aliphatic rings. The standard InChI is InChI=1S/C23H24FN3O3/c1-3-5-14-26-21(28)19(22(29)30-4-2)20(15-10-6-7-11-16(15)24)27-18-13-9-8-12-17(18)25-23(26)27/h6-13,19-20H,3-5,14H2,1-2H3/t19-,20-/m1/s1. The molecule has 30 heavy (non-hydrogen) atoms. The molecule has 0 saturated carbocycles. The van der Waals surface area contributed by atoms with Crippen molar-refractivity contribution in [3.05, 3.63) is 59.9 Å². The number of fused-ring (bicyclic) bond motifs is 3. The van der Waals surface area contributed by atoms with Crippen LogP contribution in [0.15, 0.2) is 48.5 Å². The Bertz CT molecular complexity index is 1090. The lowest BCUT2D eigenvalue weighted by Crippen LogP contribution is -2.50. The normalized spacial score (nSPS) is 18.5. The highest BCUT2D eigenvalue weighted by Gasteiger charge is 2.48. The number of imidazole rings is 1. The molecule has 7 heteroatoms. The van der Waals surface area contributed by atoms with Crippen LogP contribution < -0.4 is 4.90 Å². The predicted molar refractivity (Wildman–Crippen MR) is 112 cm³/mol. The third-order valence-corrected chi connectivity index (χ3v) is 5.44. The maximum absolute atomic E-state index is 14.9. The number of esters is 1. The van der Waals surface area contributed by atoms with Gasteiger partial charge in [-0.2, -0.15) is 0 Å². The molecule has 0 unspecified atom stereocenters. The molecular formula is C23H24FN3O3. The number of hydrogen-bond donors (Lipinski definition) is 0. The van der Waals surface area contributed by atoms with Gasteiger partial charge in [-0.1, -0.05) is 43.7 Å². The van der Waals surface area contributed by atoms with Crippen molar-refractivity contribution in [2.75, 3.05) is 18.1 Å². The SMILES string of the molecule is CCCCN1C(=O)[C@H](C(=O)OCC)[C@@H](c2ccccc2F)n2c1nc1ccccc12. The van der Waals surface area contributed by atoms with E-state index in [1.807, 2.05) is 35.8 Å². The minimum Gasteiger partial charge on any atom is -0.465 e. The molecule has 0 saturated heterocycles. The number of halogens is 1. The maximum atomic E-state index is 14.9. The highest BCUT2D eigenvalue weighted by molar-refractivity contribution is 6.08. The van der Waals surface area contributed by atoms with E-state index in [-0.39, 0.29) is 12.2 Å². The van der Waals surface area contributed by atoms with Gasteiger partial charge in [0.05, 0.1) is 23.7 Å². The molecule has 0 N–H and O–H groups in total. The Hall–Kier alpha value is -3.22. The number of aromatic nitrogens is 2. The van der Waals surface area contributed by atoms with E-state index in [0.717, 1.165) is 18.4 Å². The molecule has 2 aromatic carbocycles. The molecule has 0 spiro atoms. The van der Waals surface area contributed by atoms with Gasteiger partial charge in [-0.25, -0.2) is 9.37 Å². The number of ether oxygens (including phenoxy) is 1. The van der Waals surface area contributed by atoms with Gasteiger partial charge in [0.25, 0.3) is 0 Å². The van der Waals surface area contributed by atoms with Crippen LogP contribution in [0.4, 0.5) is 10.3 Å². The fourth-order valence-corrected chi connectivity index (χ4v) is 4.07. The summed E-state index contributed by atoms with van der Waals surface area (Å²) in [7, 11) is 0. The zero-order valence-corrected chi connectivity index (χ0v) is 17.0. The second-order valence-corrected chi connectivity index (χ2v) is 7.31. The van der Waals surface area contributed by atoms with Crippen molar-refractivity contribution >= 4 is 28.9 Å². The summed E-state index contributed by atoms with van der Waals surface area (Å²) in [5, 5.41) is 0. The predicted octanol–water partition coefficient (Wildman–Crippen LogP) is 4.09. The Kier molecular flexibility index (Phi) is 5.53. The van der Waals surface area contributed by atoms with E-state index in [2.05, 4.69) is 4.98 Å². The molecule has 0 fully saturated rings. The molecule has 6 nitrogen and oxygen atoms in total. The van der Waals surface area contributed by atoms with Crippen LogP contribution in [0.25, 0.3) is 11.0 Å². The average molecular weight is 409 g/mol. The summed E-state index contributed by atoms with van der Waals surface area (Å²) in [6, 6.07) is 12.8. The van der Waals surface area contributed by atoms with Crippen molar-refractivity contribution in [2.24, 2.45) is 5.92 Å². The van der Waals surface area contributed by atoms with Crippen LogP contribution in [-0.4, -0.2) is 34.6 Å². The van der Waals surface area contributed by atoms with Gasteiger partial charge in [0.1, 0.15) is 5.82 Å². The van der Waals surface area contributed by atoms with Crippen LogP contribution in [-0.2, 0) is 14.3 Å². The minimum atomic E-state index is -1.19. The third-order valence-electron chi connectivity index (χ3n) is 5.44. The lowest BCUT2D eigenvalue weighted by atomic mass is 9.89. The van der Waals surface area contributed by atoms with E-state index in [1.165, 1.54) is 6.07 Å². The van der Waals surface area contributed by atoms with Crippen LogP contribution in [0.3, 0.4) is 0 Å². The molecule has 0 aliphatic carbocycles. The van der Waals surface area contributed by atoms with Crippen LogP contribution in [0.5, 0.6) is 0 Å². The number of anilines is 1. The average Bonchev–Trinajstić information content (AvgIpc) is 3.12. The molecule has 1 aliphatic heterocycles. The number of amides is 1. The van der Waals surface area contributed by atoms with E-state index in [1.54, 1.807) is 30.0 Å². The van der Waals surface area contributed by atoms with Gasteiger partial charge in [-0.15, -0.1) is 0 Å². The van der Waals surface area contributed by atoms with Crippen LogP contribution >= 0.6 is 0 Å². The number of carbonyl (C=O) groups excluding carboxylic acids is 2. The van der Waals surface area contributed by atoms with Gasteiger partial charge in [0.15, 0.2) is 5.92 Å². The summed E-state index contributed by atoms with van der Waals surface area (Å²) in [5.74, 6) is -2.29. The summed E-state index contributed by atoms with van der Waals surface area (Å²) in [6.07, 6.45) is 1.64. The van der Waals surface area contributed by atoms with Gasteiger partial charge in [-0.05, 0) is 31.5 Å². The number of unbranched alkanes of at least 4 members (excludes halogenated alkanes) is 1. The molecule has 1 amide bonds. The fourth-order valence-electron chi connectivity index (χ4n) is 4.07. The quantitative estimate of drug-likeness (QED) is 0.454. The molecular weight excluding hydrogens is 385 g/mol. The number of benzene rings is 2. The highest BCUT2D eigenvalue weighted by Crippen LogP contribution is 2.42. The second-order valence-electron chi connectivity index (χ2n) is 7.31. The van der Waals surface area contributed by atoms with Crippen molar-refractivity contribution in [1.29, 1.82) is 0 Å². The molecule has 1 aromatic heterocycles. The first-order valence-electron chi connectivity index (χ1n) is 10.3. The summed E-state index contributed by atoms with van der Waals surface area (Å²) < 4.78 is 22.0. The Labute approximate surface area is 174 Å². The molecule has 0 bridgehead atoms. The molecule has 2 atom stereocenters. The number of hydrogen-bond acceptors (Lipinski definition) is 4. The fraction of sp³-hybridized carbons (Fsp3) is 0.348. The van der Waals surface area contributed by atoms with Crippen LogP contribution in [0, 0.1) is 11.7 Å². The van der Waals surface area contributed by atoms with E-state index in [0.29, 0.717) is 18.0 Å². The molecule has 4 rings (SSSR count). The smallest absolute Gasteiger partial charge is 0.321 e. The highest BCUT2D eigenvalue weighted by atomic mass is 19.1. The lowest BCUT2D eigenvalue weighted by molar-refractivity contribution is -0.153. The Balaban J connectivity index is 2.00. The number of nitrogens with zero attached hydrogens (tertiary/aromatic N) is 3. The topological polar surface area (TPSA) is 64.4 Å². The van der Waals surface area contributed by atoms with Crippen LogP contribution in [0.1, 0.15) is 38.3 Å². The molecule has 156 valence electrons. The minimum absolute atomic E-state index is 0.138. The lowest BCUT2D eigenvalue weighted by Gasteiger charge is -2.38. The van der Waals surface area contributed by atoms with E-state index < -0.39 is 29.7 Å². The van der Waals surface area contributed by atoms with Crippen molar-refractivity contribution in [1.82, 2.24) is 9.55 Å². The summed E-state index contributed by atoms with van der Waals surface area (Å²) >= 11 is 0. The number of para-hydroxylation sites is 2. The number of carbonyl (C=O) groups is 2. The Morgan fingerprint density at radius 1 is 1.13 bits per heavy atom. The third kappa shape index (κ3) is 3.24. The number of rotatable bonds is 6. The summed E-state index contributed by atoms with van der Waals surface area (Å²) in [5.41, 5.74) is 1.69. The van der Waals surface area contributed by atoms with Gasteiger partial charge < -0.3 is 9.30 Å². The monoisotopic (exact) mass is 409 g/mol. The van der Waals surface area contributed by atoms with Gasteiger partial charge >= 0.3 is 5.97 Å². The van der Waals surface area contributed by atoms with Crippen LogP contribution in [0.2, 0.25) is 0 Å². The van der Waals surface area contributed by atoms with Crippen molar-refractivity contribution in [3.63, 3.8) is 0 Å². The van der Waals surface area contributed by atoms with E-state index >= 15 is 0 Å². The summed E-state index contributed by atoms with van der Waals surface area (Å²) in [6.45, 7) is 4.29. The first-order chi connectivity index (χ1) is 14.6. The van der Waals surface area contributed by atoms with Crippen molar-refractivity contribution < 1.29 is 18.7 Å². The van der Waals surface area contributed by atoms with Crippen molar-refractivity contribution in [2.45, 2.75) is 32.7 Å². The Morgan fingerprint density at radius 3 is 2.60 bits per heavy atom. The van der Waals surface area contributed by atoms with E-state index in [9.17, 15) is 14.0 Å². The first-order valence-corrected chi connectivity index (χ1v) is 10.3. The Morgan fingerprint density at radius 2 is 1.87 bits per heavy atom.